The highest BCUT2D eigenvalue weighted by Crippen LogP contribution is 2.26. The van der Waals surface area contributed by atoms with Crippen LogP contribution in [-0.4, -0.2) is 42.7 Å². The lowest BCUT2D eigenvalue weighted by atomic mass is 9.93. The predicted octanol–water partition coefficient (Wildman–Crippen LogP) is 3.94. The molecule has 1 N–H and O–H groups in total. The summed E-state index contributed by atoms with van der Waals surface area (Å²) in [5, 5.41) is 3.44. The Balaban J connectivity index is 1.88. The first-order chi connectivity index (χ1) is 10.4. The largest absolute Gasteiger partial charge is 0.349 e. The van der Waals surface area contributed by atoms with Crippen LogP contribution < -0.4 is 5.32 Å². The number of nitrogens with zero attached hydrogens (tertiary/aromatic N) is 1. The molecule has 1 saturated heterocycles. The first-order valence-corrected chi connectivity index (χ1v) is 8.33. The van der Waals surface area contributed by atoms with Gasteiger partial charge in [0.2, 0.25) is 0 Å². The van der Waals surface area contributed by atoms with E-state index in [1.165, 1.54) is 12.1 Å². The highest BCUT2D eigenvalue weighted by atomic mass is 35.5. The molecule has 1 fully saturated rings. The van der Waals surface area contributed by atoms with Crippen LogP contribution in [0.3, 0.4) is 0 Å². The second-order valence-electron chi connectivity index (χ2n) is 5.83. The van der Waals surface area contributed by atoms with E-state index in [0.717, 1.165) is 26.1 Å². The minimum atomic E-state index is -1.33. The third kappa shape index (κ3) is 4.83. The minimum absolute atomic E-state index is 0.0237. The summed E-state index contributed by atoms with van der Waals surface area (Å²) in [5.41, 5.74) is -0.980. The molecule has 0 spiro atoms. The number of alkyl halides is 1. The van der Waals surface area contributed by atoms with Crippen molar-refractivity contribution in [2.75, 3.05) is 26.2 Å². The fourth-order valence-electron chi connectivity index (χ4n) is 2.70. The Morgan fingerprint density at radius 2 is 1.86 bits per heavy atom. The summed E-state index contributed by atoms with van der Waals surface area (Å²) in [6.45, 7) is 4.62. The predicted molar refractivity (Wildman–Crippen MR) is 88.6 cm³/mol. The van der Waals surface area contributed by atoms with Gasteiger partial charge in [-0.1, -0.05) is 30.1 Å². The maximum Gasteiger partial charge on any atom is 0.251 e. The molecule has 3 nitrogen and oxygen atoms in total. The maximum absolute atomic E-state index is 14.7. The summed E-state index contributed by atoms with van der Waals surface area (Å²) in [6.07, 6.45) is 1.97. The van der Waals surface area contributed by atoms with E-state index in [1.807, 2.05) is 0 Å². The number of halogens is 3. The van der Waals surface area contributed by atoms with E-state index in [2.05, 4.69) is 17.1 Å². The van der Waals surface area contributed by atoms with Gasteiger partial charge in [0.05, 0.1) is 6.54 Å². The number of benzene rings is 1. The average Bonchev–Trinajstić information content (AvgIpc) is 2.47. The van der Waals surface area contributed by atoms with E-state index in [-0.39, 0.29) is 12.5 Å². The monoisotopic (exact) mass is 346 g/mol. The van der Waals surface area contributed by atoms with Crippen molar-refractivity contribution in [2.24, 2.45) is 0 Å². The lowest BCUT2D eigenvalue weighted by Gasteiger charge is -2.36. The number of carbonyl (C=O) groups is 1. The van der Waals surface area contributed by atoms with Gasteiger partial charge in [-0.25, -0.2) is 4.39 Å². The van der Waals surface area contributed by atoms with Crippen LogP contribution in [0.4, 0.5) is 4.39 Å². The molecule has 0 radical (unpaired) electrons. The molecular formula is C16H21Cl2FN2O. The average molecular weight is 347 g/mol. The molecule has 1 aromatic carbocycles. The summed E-state index contributed by atoms with van der Waals surface area (Å²) in [7, 11) is 0. The fraction of sp³-hybridized carbons (Fsp3) is 0.562. The fourth-order valence-corrected chi connectivity index (χ4v) is 3.22. The van der Waals surface area contributed by atoms with E-state index < -0.39 is 5.67 Å². The van der Waals surface area contributed by atoms with Crippen molar-refractivity contribution < 1.29 is 9.18 Å². The Hall–Kier alpha value is -0.840. The first kappa shape index (κ1) is 17.5. The molecule has 0 unspecified atom stereocenters. The van der Waals surface area contributed by atoms with Gasteiger partial charge < -0.3 is 10.2 Å². The molecule has 1 aliphatic heterocycles. The standard InChI is InChI=1S/C16H21Cl2FN2O/c1-2-5-21-6-3-16(19,4-7-21)11-20-15(22)12-8-13(17)10-14(18)9-12/h8-10H,2-7,11H2,1H3,(H,20,22). The Morgan fingerprint density at radius 1 is 1.27 bits per heavy atom. The van der Waals surface area contributed by atoms with Crippen molar-refractivity contribution in [3.8, 4) is 0 Å². The molecule has 122 valence electrons. The molecule has 0 aliphatic carbocycles. The van der Waals surface area contributed by atoms with Gasteiger partial charge >= 0.3 is 0 Å². The van der Waals surface area contributed by atoms with Crippen LogP contribution in [0.25, 0.3) is 0 Å². The number of hydrogen-bond acceptors (Lipinski definition) is 2. The highest BCUT2D eigenvalue weighted by molar-refractivity contribution is 6.35. The molecule has 1 amide bonds. The summed E-state index contributed by atoms with van der Waals surface area (Å²) >= 11 is 11.7. The van der Waals surface area contributed by atoms with Crippen molar-refractivity contribution in [1.29, 1.82) is 0 Å². The molecule has 22 heavy (non-hydrogen) atoms. The summed E-state index contributed by atoms with van der Waals surface area (Å²) in [4.78, 5) is 14.4. The molecule has 1 aliphatic rings. The van der Waals surface area contributed by atoms with E-state index in [9.17, 15) is 9.18 Å². The number of nitrogens with one attached hydrogen (secondary N) is 1. The van der Waals surface area contributed by atoms with Gasteiger partial charge in [-0.15, -0.1) is 0 Å². The summed E-state index contributed by atoms with van der Waals surface area (Å²) in [5.74, 6) is -0.350. The second-order valence-corrected chi connectivity index (χ2v) is 6.71. The van der Waals surface area contributed by atoms with Gasteiger partial charge in [0.15, 0.2) is 0 Å². The number of hydrogen-bond donors (Lipinski definition) is 1. The summed E-state index contributed by atoms with van der Waals surface area (Å²) < 4.78 is 14.7. The quantitative estimate of drug-likeness (QED) is 0.875. The molecule has 2 rings (SSSR count). The molecule has 0 aromatic heterocycles. The third-order valence-electron chi connectivity index (χ3n) is 3.98. The SMILES string of the molecule is CCCN1CCC(F)(CNC(=O)c2cc(Cl)cc(Cl)c2)CC1. The minimum Gasteiger partial charge on any atom is -0.349 e. The number of amides is 1. The normalized spacial score (nSPS) is 18.2. The Morgan fingerprint density at radius 3 is 2.41 bits per heavy atom. The van der Waals surface area contributed by atoms with E-state index in [1.54, 1.807) is 6.07 Å². The molecule has 1 heterocycles. The van der Waals surface area contributed by atoms with E-state index in [4.69, 9.17) is 23.2 Å². The number of piperidine rings is 1. The van der Waals surface area contributed by atoms with Crippen LogP contribution in [0.1, 0.15) is 36.5 Å². The maximum atomic E-state index is 14.7. The molecular weight excluding hydrogens is 326 g/mol. The van der Waals surface area contributed by atoms with Crippen molar-refractivity contribution in [3.05, 3.63) is 33.8 Å². The molecule has 1 aromatic rings. The smallest absolute Gasteiger partial charge is 0.251 e. The van der Waals surface area contributed by atoms with Crippen LogP contribution in [0.2, 0.25) is 10.0 Å². The van der Waals surface area contributed by atoms with Gasteiger partial charge in [0.25, 0.3) is 5.91 Å². The zero-order valence-electron chi connectivity index (χ0n) is 12.7. The lowest BCUT2D eigenvalue weighted by molar-refractivity contribution is 0.0545. The highest BCUT2D eigenvalue weighted by Gasteiger charge is 2.34. The van der Waals surface area contributed by atoms with Crippen molar-refractivity contribution in [3.63, 3.8) is 0 Å². The van der Waals surface area contributed by atoms with Gasteiger partial charge in [-0.05, 0) is 44.0 Å². The zero-order valence-corrected chi connectivity index (χ0v) is 14.2. The van der Waals surface area contributed by atoms with Crippen molar-refractivity contribution >= 4 is 29.1 Å². The lowest BCUT2D eigenvalue weighted by Crippen LogP contribution is -2.48. The van der Waals surface area contributed by atoms with Crippen molar-refractivity contribution in [2.45, 2.75) is 31.9 Å². The number of rotatable bonds is 5. The second kappa shape index (κ2) is 7.62. The Bertz CT molecular complexity index is 511. The first-order valence-electron chi connectivity index (χ1n) is 7.57. The van der Waals surface area contributed by atoms with E-state index in [0.29, 0.717) is 28.5 Å². The van der Waals surface area contributed by atoms with Crippen LogP contribution in [0.5, 0.6) is 0 Å². The van der Waals surface area contributed by atoms with Gasteiger partial charge in [0.1, 0.15) is 5.67 Å². The van der Waals surface area contributed by atoms with Gasteiger partial charge in [-0.2, -0.15) is 0 Å². The van der Waals surface area contributed by atoms with Crippen LogP contribution >= 0.6 is 23.2 Å². The molecule has 0 saturated carbocycles. The zero-order chi connectivity index (χ0) is 16.2. The summed E-state index contributed by atoms with van der Waals surface area (Å²) in [6, 6.07) is 4.61. The van der Waals surface area contributed by atoms with Crippen molar-refractivity contribution in [1.82, 2.24) is 10.2 Å². The van der Waals surface area contributed by atoms with Crippen LogP contribution in [0.15, 0.2) is 18.2 Å². The Labute approximate surface area is 140 Å². The van der Waals surface area contributed by atoms with Gasteiger partial charge in [0, 0.05) is 28.7 Å². The topological polar surface area (TPSA) is 32.3 Å². The van der Waals surface area contributed by atoms with Crippen LogP contribution in [-0.2, 0) is 0 Å². The van der Waals surface area contributed by atoms with Gasteiger partial charge in [-0.3, -0.25) is 4.79 Å². The number of carbonyl (C=O) groups excluding carboxylic acids is 1. The van der Waals surface area contributed by atoms with Crippen LogP contribution in [0, 0.1) is 0 Å². The molecule has 0 atom stereocenters. The third-order valence-corrected chi connectivity index (χ3v) is 4.42. The molecule has 6 heteroatoms. The Kier molecular flexibility index (Phi) is 6.07. The van der Waals surface area contributed by atoms with E-state index >= 15 is 0 Å². The number of likely N-dealkylation sites (tertiary alicyclic amines) is 1. The molecule has 0 bridgehead atoms.